The Hall–Kier alpha value is -0.833. The van der Waals surface area contributed by atoms with Gasteiger partial charge in [0.05, 0.1) is 18.3 Å². The van der Waals surface area contributed by atoms with Crippen LogP contribution < -0.4 is 0 Å². The van der Waals surface area contributed by atoms with Gasteiger partial charge < -0.3 is 9.16 Å². The molecule has 3 rings (SSSR count). The van der Waals surface area contributed by atoms with Crippen LogP contribution in [0.15, 0.2) is 17.4 Å². The number of fused-ring (bicyclic) bond motifs is 4. The van der Waals surface area contributed by atoms with Crippen molar-refractivity contribution in [3.05, 3.63) is 17.4 Å². The second-order valence-electron chi connectivity index (χ2n) is 10.2. The van der Waals surface area contributed by atoms with Crippen LogP contribution in [-0.2, 0) is 14.0 Å². The van der Waals surface area contributed by atoms with Crippen LogP contribution in [0.1, 0.15) is 66.7 Å². The van der Waals surface area contributed by atoms with Gasteiger partial charge in [-0.3, -0.25) is 0 Å². The van der Waals surface area contributed by atoms with Gasteiger partial charge in [-0.25, -0.2) is 4.79 Å². The van der Waals surface area contributed by atoms with Gasteiger partial charge in [0, 0.05) is 11.0 Å². The van der Waals surface area contributed by atoms with Crippen LogP contribution >= 0.6 is 0 Å². The Labute approximate surface area is 160 Å². The van der Waals surface area contributed by atoms with Gasteiger partial charge in [0.15, 0.2) is 8.32 Å². The lowest BCUT2D eigenvalue weighted by Crippen LogP contribution is -2.70. The molecule has 26 heavy (non-hydrogen) atoms. The van der Waals surface area contributed by atoms with Crippen LogP contribution in [0.2, 0.25) is 18.1 Å². The molecule has 0 saturated heterocycles. The van der Waals surface area contributed by atoms with Crippen molar-refractivity contribution in [2.45, 2.75) is 90.5 Å². The second kappa shape index (κ2) is 6.36. The lowest BCUT2D eigenvalue weighted by molar-refractivity contribution is -0.194. The highest BCUT2D eigenvalue weighted by Gasteiger charge is 2.75. The van der Waals surface area contributed by atoms with Crippen molar-refractivity contribution in [1.29, 1.82) is 0 Å². The topological polar surface area (TPSA) is 35.5 Å². The third-order valence-corrected chi connectivity index (χ3v) is 12.4. The third-order valence-electron chi connectivity index (χ3n) is 7.92. The Morgan fingerprint density at radius 3 is 2.58 bits per heavy atom. The summed E-state index contributed by atoms with van der Waals surface area (Å²) in [6.07, 6.45) is 7.54. The van der Waals surface area contributed by atoms with Crippen LogP contribution in [0.3, 0.4) is 0 Å². The van der Waals surface area contributed by atoms with Gasteiger partial charge in [0.25, 0.3) is 0 Å². The smallest absolute Gasteiger partial charge is 0.338 e. The van der Waals surface area contributed by atoms with Crippen molar-refractivity contribution in [2.24, 2.45) is 17.3 Å². The fourth-order valence-corrected chi connectivity index (χ4v) is 7.26. The van der Waals surface area contributed by atoms with E-state index in [1.54, 1.807) is 0 Å². The minimum absolute atomic E-state index is 0.172. The zero-order valence-electron chi connectivity index (χ0n) is 17.7. The molecule has 4 heteroatoms. The summed E-state index contributed by atoms with van der Waals surface area (Å²) in [5, 5.41) is 0.172. The molecule has 0 amide bonds. The van der Waals surface area contributed by atoms with E-state index in [1.807, 2.05) is 6.92 Å². The van der Waals surface area contributed by atoms with E-state index < -0.39 is 8.32 Å². The monoisotopic (exact) mass is 376 g/mol. The molecule has 0 radical (unpaired) electrons. The highest BCUT2D eigenvalue weighted by molar-refractivity contribution is 6.74. The van der Waals surface area contributed by atoms with Gasteiger partial charge in [0.1, 0.15) is 0 Å². The molecule has 3 aliphatic carbocycles. The molecule has 3 nitrogen and oxygen atoms in total. The van der Waals surface area contributed by atoms with Crippen molar-refractivity contribution >= 4 is 14.3 Å². The maximum atomic E-state index is 11.9. The summed E-state index contributed by atoms with van der Waals surface area (Å²) in [6.45, 7) is 16.3. The summed E-state index contributed by atoms with van der Waals surface area (Å²) in [5.74, 6) is 1.08. The van der Waals surface area contributed by atoms with Gasteiger partial charge in [0.2, 0.25) is 0 Å². The van der Waals surface area contributed by atoms with Gasteiger partial charge in [-0.1, -0.05) is 34.1 Å². The summed E-state index contributed by atoms with van der Waals surface area (Å²) in [7, 11) is -1.94. The zero-order chi connectivity index (χ0) is 19.4. The first-order valence-corrected chi connectivity index (χ1v) is 13.2. The molecule has 0 aromatic heterocycles. The molecule has 3 aliphatic rings. The van der Waals surface area contributed by atoms with Gasteiger partial charge >= 0.3 is 5.97 Å². The van der Waals surface area contributed by atoms with E-state index >= 15 is 0 Å². The molecule has 3 fully saturated rings. The number of carbonyl (C=O) groups is 1. The number of esters is 1. The molecule has 3 saturated carbocycles. The summed E-state index contributed by atoms with van der Waals surface area (Å²) in [4.78, 5) is 11.9. The molecule has 0 N–H and O–H groups in total. The van der Waals surface area contributed by atoms with E-state index in [0.29, 0.717) is 12.5 Å². The van der Waals surface area contributed by atoms with Crippen molar-refractivity contribution in [2.75, 3.05) is 6.61 Å². The third kappa shape index (κ3) is 2.68. The Morgan fingerprint density at radius 2 is 1.96 bits per heavy atom. The average molecular weight is 377 g/mol. The van der Waals surface area contributed by atoms with Gasteiger partial charge in [-0.2, -0.15) is 0 Å². The van der Waals surface area contributed by atoms with E-state index in [1.165, 1.54) is 30.9 Å². The predicted molar refractivity (Wildman–Crippen MR) is 107 cm³/mol. The first-order valence-electron chi connectivity index (χ1n) is 10.3. The molecular weight excluding hydrogens is 340 g/mol. The zero-order valence-corrected chi connectivity index (χ0v) is 18.7. The number of rotatable bonds is 4. The van der Waals surface area contributed by atoms with Crippen LogP contribution in [0.5, 0.6) is 0 Å². The lowest BCUT2D eigenvalue weighted by atomic mass is 9.46. The molecule has 146 valence electrons. The van der Waals surface area contributed by atoms with Crippen molar-refractivity contribution in [3.63, 3.8) is 0 Å². The van der Waals surface area contributed by atoms with E-state index in [9.17, 15) is 4.79 Å². The molecular formula is C22H36O3Si. The summed E-state index contributed by atoms with van der Waals surface area (Å²) < 4.78 is 12.3. The molecule has 0 aromatic carbocycles. The highest BCUT2D eigenvalue weighted by atomic mass is 28.4. The van der Waals surface area contributed by atoms with E-state index in [0.717, 1.165) is 18.8 Å². The maximum absolute atomic E-state index is 11.9. The summed E-state index contributed by atoms with van der Waals surface area (Å²) in [5.41, 5.74) is 4.58. The number of ether oxygens (including phenoxy) is 1. The van der Waals surface area contributed by atoms with E-state index in [-0.39, 0.29) is 22.0 Å². The fourth-order valence-electron chi connectivity index (χ4n) is 5.64. The minimum Gasteiger partial charge on any atom is -0.462 e. The van der Waals surface area contributed by atoms with Crippen molar-refractivity contribution in [3.8, 4) is 0 Å². The van der Waals surface area contributed by atoms with Crippen LogP contribution in [0.4, 0.5) is 0 Å². The fraction of sp³-hybridized carbons (Fsp3) is 0.818. The van der Waals surface area contributed by atoms with Crippen molar-refractivity contribution in [1.82, 2.24) is 0 Å². The Bertz CT molecular complexity index is 653. The number of hydrogen-bond donors (Lipinski definition) is 0. The Balaban J connectivity index is 2.04. The first-order chi connectivity index (χ1) is 12.0. The SMILES string of the molecule is CCOC(=O)C=C=C1CC[C@@]2(C)[C@@H]3CCC[C@@H]3[C@@]12O[Si](C)(C)C(C)(C)C. The molecule has 0 spiro atoms. The largest absolute Gasteiger partial charge is 0.462 e. The minimum atomic E-state index is -1.94. The summed E-state index contributed by atoms with van der Waals surface area (Å²) in [6, 6.07) is 0. The molecule has 0 heterocycles. The second-order valence-corrected chi connectivity index (χ2v) is 14.9. The average Bonchev–Trinajstić information content (AvgIpc) is 3.07. The molecule has 0 unspecified atom stereocenters. The lowest BCUT2D eigenvalue weighted by Gasteiger charge is -2.66. The van der Waals surface area contributed by atoms with E-state index in [4.69, 9.17) is 9.16 Å². The molecule has 4 atom stereocenters. The number of hydrogen-bond acceptors (Lipinski definition) is 3. The molecule has 0 aliphatic heterocycles. The van der Waals surface area contributed by atoms with Gasteiger partial charge in [-0.15, -0.1) is 5.73 Å². The number of carbonyl (C=O) groups excluding carboxylic acids is 1. The highest BCUT2D eigenvalue weighted by Crippen LogP contribution is 2.75. The predicted octanol–water partition coefficient (Wildman–Crippen LogP) is 5.62. The van der Waals surface area contributed by atoms with Crippen molar-refractivity contribution < 1.29 is 14.0 Å². The van der Waals surface area contributed by atoms with Gasteiger partial charge in [-0.05, 0) is 62.6 Å². The van der Waals surface area contributed by atoms with Crippen LogP contribution in [0.25, 0.3) is 0 Å². The van der Waals surface area contributed by atoms with E-state index in [2.05, 4.69) is 46.5 Å². The molecule has 0 aromatic rings. The summed E-state index contributed by atoms with van der Waals surface area (Å²) >= 11 is 0. The standard InChI is InChI=1S/C22H36O3Si/c1-8-24-19(23)13-12-16-14-15-21(5)17-10-9-11-18(17)22(16,21)25-26(6,7)20(2,3)4/h13,17-18H,8-11,14-15H2,1-7H3/t12?,17-,18+,21+,22+/m1/s1. The maximum Gasteiger partial charge on any atom is 0.338 e. The quantitative estimate of drug-likeness (QED) is 0.276. The normalized spacial score (nSPS) is 36.0. The van der Waals surface area contributed by atoms with Crippen LogP contribution in [0, 0.1) is 17.3 Å². The first kappa shape index (κ1) is 19.9. The Morgan fingerprint density at radius 1 is 1.31 bits per heavy atom. The molecule has 0 bridgehead atoms. The Kier molecular flexibility index (Phi) is 4.87. The van der Waals surface area contributed by atoms with Crippen LogP contribution in [-0.4, -0.2) is 26.5 Å².